The van der Waals surface area contributed by atoms with Crippen molar-refractivity contribution in [3.05, 3.63) is 23.8 Å². The molecular formula is C21H32N2O7. The van der Waals surface area contributed by atoms with Gasteiger partial charge in [0.2, 0.25) is 0 Å². The first-order valence-corrected chi connectivity index (χ1v) is 9.91. The van der Waals surface area contributed by atoms with E-state index in [4.69, 9.17) is 18.9 Å². The van der Waals surface area contributed by atoms with Crippen molar-refractivity contribution in [2.24, 2.45) is 0 Å². The second kappa shape index (κ2) is 10.5. The maximum Gasteiger partial charge on any atom is 0.410 e. The first-order valence-electron chi connectivity index (χ1n) is 9.91. The minimum atomic E-state index is -0.796. The zero-order chi connectivity index (χ0) is 22.3. The number of hydrogen-bond acceptors (Lipinski definition) is 7. The lowest BCUT2D eigenvalue weighted by Gasteiger charge is -2.29. The molecule has 0 radical (unpaired) electrons. The number of carbonyl (C=O) groups is 2. The van der Waals surface area contributed by atoms with Crippen molar-refractivity contribution in [3.8, 4) is 11.5 Å². The molecule has 0 aromatic heterocycles. The number of rotatable bonds is 6. The summed E-state index contributed by atoms with van der Waals surface area (Å²) in [6.07, 6.45) is -0.208. The largest absolute Gasteiger partial charge is 0.497 e. The third kappa shape index (κ3) is 6.77. The molecule has 2 rings (SSSR count). The quantitative estimate of drug-likeness (QED) is 0.674. The second-order valence-corrected chi connectivity index (χ2v) is 8.13. The standard InChI is InChI=1S/C21H32N2O7/c1-21(2,3)30-20(26)23-10-6-7-17(24)16(12-23)22-19(25)15-11-14(28-5)8-9-18(15)29-13-27-4/h8-9,11,16-17,24H,6-7,10,12-13H2,1-5H3,(H,22,25)/t16-,17-/m1/s1. The van der Waals surface area contributed by atoms with Crippen LogP contribution in [0.3, 0.4) is 0 Å². The van der Waals surface area contributed by atoms with E-state index in [1.807, 2.05) is 0 Å². The highest BCUT2D eigenvalue weighted by Gasteiger charge is 2.32. The monoisotopic (exact) mass is 424 g/mol. The number of amides is 2. The Hall–Kier alpha value is -2.52. The summed E-state index contributed by atoms with van der Waals surface area (Å²) in [7, 11) is 2.98. The maximum absolute atomic E-state index is 13.0. The Morgan fingerprint density at radius 3 is 2.63 bits per heavy atom. The van der Waals surface area contributed by atoms with Gasteiger partial charge in [-0.15, -0.1) is 0 Å². The molecular weight excluding hydrogens is 392 g/mol. The fraction of sp³-hybridized carbons (Fsp3) is 0.619. The molecule has 0 unspecified atom stereocenters. The molecule has 1 aliphatic heterocycles. The van der Waals surface area contributed by atoms with Crippen LogP contribution in [0.5, 0.6) is 11.5 Å². The topological polar surface area (TPSA) is 107 Å². The summed E-state index contributed by atoms with van der Waals surface area (Å²) >= 11 is 0. The Morgan fingerprint density at radius 1 is 1.27 bits per heavy atom. The third-order valence-electron chi connectivity index (χ3n) is 4.54. The van der Waals surface area contributed by atoms with Crippen molar-refractivity contribution in [1.82, 2.24) is 10.2 Å². The number of nitrogens with one attached hydrogen (secondary N) is 1. The number of hydrogen-bond donors (Lipinski definition) is 2. The van der Waals surface area contributed by atoms with Crippen molar-refractivity contribution in [3.63, 3.8) is 0 Å². The molecule has 30 heavy (non-hydrogen) atoms. The number of aliphatic hydroxyl groups is 1. The molecule has 0 aliphatic carbocycles. The molecule has 1 fully saturated rings. The predicted molar refractivity (Wildman–Crippen MR) is 110 cm³/mol. The normalized spacial score (nSPS) is 19.6. The Kier molecular flexibility index (Phi) is 8.31. The van der Waals surface area contributed by atoms with Crippen LogP contribution in [-0.4, -0.2) is 73.9 Å². The van der Waals surface area contributed by atoms with Crippen LogP contribution in [0.25, 0.3) is 0 Å². The lowest BCUT2D eigenvalue weighted by Crippen LogP contribution is -2.50. The van der Waals surface area contributed by atoms with Gasteiger partial charge >= 0.3 is 6.09 Å². The molecule has 0 spiro atoms. The third-order valence-corrected chi connectivity index (χ3v) is 4.54. The molecule has 9 nitrogen and oxygen atoms in total. The van der Waals surface area contributed by atoms with E-state index in [2.05, 4.69) is 5.32 Å². The Morgan fingerprint density at radius 2 is 2.00 bits per heavy atom. The van der Waals surface area contributed by atoms with Crippen LogP contribution in [0, 0.1) is 0 Å². The van der Waals surface area contributed by atoms with Crippen LogP contribution in [0.15, 0.2) is 18.2 Å². The van der Waals surface area contributed by atoms with Gasteiger partial charge in [0.25, 0.3) is 5.91 Å². The highest BCUT2D eigenvalue weighted by Crippen LogP contribution is 2.25. The highest BCUT2D eigenvalue weighted by molar-refractivity contribution is 5.97. The van der Waals surface area contributed by atoms with Gasteiger partial charge in [-0.2, -0.15) is 0 Å². The number of benzene rings is 1. The highest BCUT2D eigenvalue weighted by atomic mass is 16.7. The summed E-state index contributed by atoms with van der Waals surface area (Å²) in [6, 6.07) is 4.18. The lowest BCUT2D eigenvalue weighted by molar-refractivity contribution is 0.0222. The molecule has 168 valence electrons. The van der Waals surface area contributed by atoms with Crippen LogP contribution in [0.1, 0.15) is 44.0 Å². The smallest absolute Gasteiger partial charge is 0.410 e. The molecule has 0 bridgehead atoms. The number of aliphatic hydroxyl groups excluding tert-OH is 1. The number of likely N-dealkylation sites (tertiary alicyclic amines) is 1. The van der Waals surface area contributed by atoms with Crippen LogP contribution >= 0.6 is 0 Å². The van der Waals surface area contributed by atoms with Gasteiger partial charge in [-0.3, -0.25) is 4.79 Å². The van der Waals surface area contributed by atoms with Gasteiger partial charge in [-0.25, -0.2) is 4.79 Å². The molecule has 2 amide bonds. The number of methoxy groups -OCH3 is 2. The van der Waals surface area contributed by atoms with E-state index >= 15 is 0 Å². The lowest BCUT2D eigenvalue weighted by atomic mass is 10.1. The minimum Gasteiger partial charge on any atom is -0.497 e. The van der Waals surface area contributed by atoms with Crippen LogP contribution in [0.4, 0.5) is 4.79 Å². The fourth-order valence-corrected chi connectivity index (χ4v) is 3.08. The molecule has 2 N–H and O–H groups in total. The summed E-state index contributed by atoms with van der Waals surface area (Å²) in [5.74, 6) is 0.360. The van der Waals surface area contributed by atoms with Gasteiger partial charge in [0, 0.05) is 20.2 Å². The summed E-state index contributed by atoms with van der Waals surface area (Å²) < 4.78 is 21.0. The summed E-state index contributed by atoms with van der Waals surface area (Å²) in [4.78, 5) is 27.0. The average Bonchev–Trinajstić information content (AvgIpc) is 2.86. The molecule has 1 heterocycles. The Labute approximate surface area is 177 Å². The zero-order valence-corrected chi connectivity index (χ0v) is 18.3. The second-order valence-electron chi connectivity index (χ2n) is 8.13. The Bertz CT molecular complexity index is 733. The van der Waals surface area contributed by atoms with Crippen LogP contribution in [-0.2, 0) is 9.47 Å². The summed E-state index contributed by atoms with van der Waals surface area (Å²) in [5, 5.41) is 13.3. The first kappa shape index (κ1) is 23.8. The van der Waals surface area contributed by atoms with Gasteiger partial charge in [-0.05, 0) is 51.8 Å². The van der Waals surface area contributed by atoms with Crippen molar-refractivity contribution in [2.45, 2.75) is 51.4 Å². The first-order chi connectivity index (χ1) is 14.1. The van der Waals surface area contributed by atoms with Gasteiger partial charge < -0.3 is 34.3 Å². The molecule has 2 atom stereocenters. The van der Waals surface area contributed by atoms with Crippen molar-refractivity contribution < 1.29 is 33.6 Å². The van der Waals surface area contributed by atoms with E-state index in [1.165, 1.54) is 19.1 Å². The number of nitrogens with zero attached hydrogens (tertiary/aromatic N) is 1. The van der Waals surface area contributed by atoms with E-state index < -0.39 is 29.7 Å². The predicted octanol–water partition coefficient (Wildman–Crippen LogP) is 2.17. The van der Waals surface area contributed by atoms with Crippen molar-refractivity contribution in [1.29, 1.82) is 0 Å². The number of ether oxygens (including phenoxy) is 4. The molecule has 9 heteroatoms. The van der Waals surface area contributed by atoms with E-state index in [1.54, 1.807) is 39.0 Å². The Balaban J connectivity index is 2.17. The van der Waals surface area contributed by atoms with E-state index in [9.17, 15) is 14.7 Å². The van der Waals surface area contributed by atoms with Gasteiger partial charge in [0.05, 0.1) is 24.8 Å². The molecule has 1 aromatic carbocycles. The summed E-state index contributed by atoms with van der Waals surface area (Å²) in [6.45, 7) is 5.94. The van der Waals surface area contributed by atoms with Gasteiger partial charge in [-0.1, -0.05) is 0 Å². The minimum absolute atomic E-state index is 0.0227. The fourth-order valence-electron chi connectivity index (χ4n) is 3.08. The molecule has 1 aliphatic rings. The van der Waals surface area contributed by atoms with E-state index in [-0.39, 0.29) is 18.9 Å². The van der Waals surface area contributed by atoms with Gasteiger partial charge in [0.15, 0.2) is 6.79 Å². The average molecular weight is 424 g/mol. The van der Waals surface area contributed by atoms with E-state index in [0.29, 0.717) is 30.9 Å². The van der Waals surface area contributed by atoms with Gasteiger partial charge in [0.1, 0.15) is 17.1 Å². The van der Waals surface area contributed by atoms with Crippen molar-refractivity contribution >= 4 is 12.0 Å². The summed E-state index contributed by atoms with van der Waals surface area (Å²) in [5.41, 5.74) is -0.388. The number of carbonyl (C=O) groups excluding carboxylic acids is 2. The molecule has 1 aromatic rings. The van der Waals surface area contributed by atoms with Crippen LogP contribution in [0.2, 0.25) is 0 Å². The maximum atomic E-state index is 13.0. The SMILES string of the molecule is COCOc1ccc(OC)cc1C(=O)N[C@@H]1CN(C(=O)OC(C)(C)C)CCC[C@H]1O. The molecule has 1 saturated heterocycles. The van der Waals surface area contributed by atoms with E-state index in [0.717, 1.165) is 0 Å². The zero-order valence-electron chi connectivity index (χ0n) is 18.3. The van der Waals surface area contributed by atoms with Crippen LogP contribution < -0.4 is 14.8 Å². The molecule has 0 saturated carbocycles. The van der Waals surface area contributed by atoms with Crippen molar-refractivity contribution in [2.75, 3.05) is 34.1 Å².